The number of hydrogen-bond donors (Lipinski definition) is 0. The van der Waals surface area contributed by atoms with Gasteiger partial charge in [-0.15, -0.1) is 0 Å². The smallest absolute Gasteiger partial charge is 0.297 e. The fourth-order valence-corrected chi connectivity index (χ4v) is 4.55. The van der Waals surface area contributed by atoms with Crippen LogP contribution in [0, 0.1) is 13.8 Å². The molecule has 0 spiro atoms. The molecule has 0 radical (unpaired) electrons. The fraction of sp³-hybridized carbons (Fsp3) is 0.526. The van der Waals surface area contributed by atoms with Gasteiger partial charge in [0.25, 0.3) is 10.1 Å². The van der Waals surface area contributed by atoms with E-state index >= 15 is 0 Å². The molecule has 1 saturated carbocycles. The summed E-state index contributed by atoms with van der Waals surface area (Å²) < 4.78 is 35.9. The Morgan fingerprint density at radius 3 is 2.60 bits per heavy atom. The Morgan fingerprint density at radius 1 is 1.20 bits per heavy atom. The zero-order chi connectivity index (χ0) is 18.0. The number of aromatic nitrogens is 1. The van der Waals surface area contributed by atoms with E-state index in [1.54, 1.807) is 19.1 Å². The van der Waals surface area contributed by atoms with Gasteiger partial charge in [0.05, 0.1) is 6.61 Å². The molecule has 136 valence electrons. The highest BCUT2D eigenvalue weighted by atomic mass is 32.2. The van der Waals surface area contributed by atoms with Crippen molar-refractivity contribution in [2.24, 2.45) is 0 Å². The van der Waals surface area contributed by atoms with Crippen LogP contribution in [0.2, 0.25) is 0 Å². The molecule has 0 aliphatic heterocycles. The van der Waals surface area contributed by atoms with Gasteiger partial charge in [0.15, 0.2) is 5.89 Å². The average Bonchev–Trinajstić information content (AvgIpc) is 2.97. The first-order valence-corrected chi connectivity index (χ1v) is 10.3. The molecule has 6 heteroatoms. The summed E-state index contributed by atoms with van der Waals surface area (Å²) in [5, 5.41) is 0. The maximum absolute atomic E-state index is 12.5. The van der Waals surface area contributed by atoms with Gasteiger partial charge in [0, 0.05) is 11.5 Å². The Labute approximate surface area is 149 Å². The molecule has 1 aromatic heterocycles. The Balaban J connectivity index is 2.07. The van der Waals surface area contributed by atoms with Gasteiger partial charge in [0.2, 0.25) is 0 Å². The van der Waals surface area contributed by atoms with Gasteiger partial charge in [-0.1, -0.05) is 30.9 Å². The SMILES string of the molecule is CCOS(=O)(=O)c1ccc(C)cc1-c1nc(C2CCCCC2)oc1C. The highest BCUT2D eigenvalue weighted by Gasteiger charge is 2.26. The molecule has 0 bridgehead atoms. The predicted octanol–water partition coefficient (Wildman–Crippen LogP) is 4.73. The third kappa shape index (κ3) is 3.80. The summed E-state index contributed by atoms with van der Waals surface area (Å²) in [6, 6.07) is 5.19. The first kappa shape index (κ1) is 18.1. The predicted molar refractivity (Wildman–Crippen MR) is 96.1 cm³/mol. The van der Waals surface area contributed by atoms with Crippen LogP contribution in [-0.4, -0.2) is 20.0 Å². The number of hydrogen-bond acceptors (Lipinski definition) is 5. The molecule has 0 saturated heterocycles. The minimum absolute atomic E-state index is 0.0980. The standard InChI is InChI=1S/C19H25NO4S/c1-4-23-25(21,22)17-11-10-13(2)12-16(17)18-14(3)24-19(20-18)15-8-6-5-7-9-15/h10-12,15H,4-9H2,1-3H3. The van der Waals surface area contributed by atoms with Crippen LogP contribution in [0.3, 0.4) is 0 Å². The fourth-order valence-electron chi connectivity index (χ4n) is 3.46. The van der Waals surface area contributed by atoms with Gasteiger partial charge in [0.1, 0.15) is 16.3 Å². The largest absolute Gasteiger partial charge is 0.445 e. The Bertz CT molecular complexity index is 848. The number of rotatable bonds is 5. The summed E-state index contributed by atoms with van der Waals surface area (Å²) in [6.07, 6.45) is 5.80. The van der Waals surface area contributed by atoms with Crippen LogP contribution in [-0.2, 0) is 14.3 Å². The van der Waals surface area contributed by atoms with Gasteiger partial charge < -0.3 is 4.42 Å². The molecule has 1 aliphatic carbocycles. The van der Waals surface area contributed by atoms with Crippen LogP contribution < -0.4 is 0 Å². The topological polar surface area (TPSA) is 69.4 Å². The van der Waals surface area contributed by atoms with E-state index in [1.807, 2.05) is 19.9 Å². The first-order valence-electron chi connectivity index (χ1n) is 8.90. The zero-order valence-electron chi connectivity index (χ0n) is 15.0. The van der Waals surface area contributed by atoms with Crippen LogP contribution in [0.1, 0.15) is 62.2 Å². The number of benzene rings is 1. The lowest BCUT2D eigenvalue weighted by atomic mass is 9.89. The summed E-state index contributed by atoms with van der Waals surface area (Å²) in [5.74, 6) is 1.71. The van der Waals surface area contributed by atoms with E-state index in [-0.39, 0.29) is 11.5 Å². The van der Waals surface area contributed by atoms with Gasteiger partial charge in [-0.2, -0.15) is 8.42 Å². The lowest BCUT2D eigenvalue weighted by molar-refractivity contribution is 0.338. The second kappa shape index (κ2) is 7.30. The molecular formula is C19H25NO4S. The van der Waals surface area contributed by atoms with Gasteiger partial charge in [-0.3, -0.25) is 4.18 Å². The Kier molecular flexibility index (Phi) is 5.29. The van der Waals surface area contributed by atoms with Crippen molar-refractivity contribution in [2.75, 3.05) is 6.61 Å². The van der Waals surface area contributed by atoms with Crippen LogP contribution in [0.25, 0.3) is 11.3 Å². The molecular weight excluding hydrogens is 338 g/mol. The highest BCUT2D eigenvalue weighted by Crippen LogP contribution is 2.37. The summed E-state index contributed by atoms with van der Waals surface area (Å²) in [6.45, 7) is 5.53. The van der Waals surface area contributed by atoms with E-state index < -0.39 is 10.1 Å². The van der Waals surface area contributed by atoms with E-state index in [1.165, 1.54) is 19.3 Å². The monoisotopic (exact) mass is 363 g/mol. The minimum atomic E-state index is -3.82. The van der Waals surface area contributed by atoms with Crippen molar-refractivity contribution in [2.45, 2.75) is 63.7 Å². The summed E-state index contributed by atoms with van der Waals surface area (Å²) >= 11 is 0. The molecule has 1 aromatic carbocycles. The molecule has 1 fully saturated rings. The van der Waals surface area contributed by atoms with E-state index in [0.29, 0.717) is 22.9 Å². The maximum atomic E-state index is 12.5. The number of oxazole rings is 1. The van der Waals surface area contributed by atoms with Gasteiger partial charge >= 0.3 is 0 Å². The van der Waals surface area contributed by atoms with Crippen molar-refractivity contribution >= 4 is 10.1 Å². The summed E-state index contributed by atoms with van der Waals surface area (Å²) in [5.41, 5.74) is 2.12. The van der Waals surface area contributed by atoms with Crippen LogP contribution >= 0.6 is 0 Å². The Hall–Kier alpha value is -1.66. The Morgan fingerprint density at radius 2 is 1.92 bits per heavy atom. The van der Waals surface area contributed by atoms with Crippen LogP contribution in [0.15, 0.2) is 27.5 Å². The molecule has 0 atom stereocenters. The quantitative estimate of drug-likeness (QED) is 0.718. The summed E-state index contributed by atoms with van der Waals surface area (Å²) in [7, 11) is -3.82. The van der Waals surface area contributed by atoms with E-state index in [9.17, 15) is 8.42 Å². The molecule has 2 aromatic rings. The van der Waals surface area contributed by atoms with Gasteiger partial charge in [-0.25, -0.2) is 4.98 Å². The van der Waals surface area contributed by atoms with E-state index in [2.05, 4.69) is 0 Å². The maximum Gasteiger partial charge on any atom is 0.297 e. The number of nitrogens with zero attached hydrogens (tertiary/aromatic N) is 1. The average molecular weight is 363 g/mol. The third-order valence-electron chi connectivity index (χ3n) is 4.70. The van der Waals surface area contributed by atoms with Crippen molar-refractivity contribution in [3.63, 3.8) is 0 Å². The molecule has 25 heavy (non-hydrogen) atoms. The van der Waals surface area contributed by atoms with Crippen molar-refractivity contribution < 1.29 is 17.0 Å². The van der Waals surface area contributed by atoms with Gasteiger partial charge in [-0.05, 0) is 45.7 Å². The third-order valence-corrected chi connectivity index (χ3v) is 6.14. The van der Waals surface area contributed by atoms with E-state index in [4.69, 9.17) is 13.6 Å². The van der Waals surface area contributed by atoms with E-state index in [0.717, 1.165) is 24.3 Å². The molecule has 0 N–H and O–H groups in total. The molecule has 3 rings (SSSR count). The lowest BCUT2D eigenvalue weighted by Crippen LogP contribution is -2.08. The van der Waals surface area contributed by atoms with Crippen molar-refractivity contribution in [1.82, 2.24) is 4.98 Å². The lowest BCUT2D eigenvalue weighted by Gasteiger charge is -2.17. The number of aryl methyl sites for hydroxylation is 2. The second-order valence-electron chi connectivity index (χ2n) is 6.65. The molecule has 1 heterocycles. The molecule has 5 nitrogen and oxygen atoms in total. The van der Waals surface area contributed by atoms with Crippen molar-refractivity contribution in [3.05, 3.63) is 35.4 Å². The minimum Gasteiger partial charge on any atom is -0.445 e. The normalized spacial score (nSPS) is 16.3. The van der Waals surface area contributed by atoms with Crippen molar-refractivity contribution in [1.29, 1.82) is 0 Å². The van der Waals surface area contributed by atoms with Crippen LogP contribution in [0.4, 0.5) is 0 Å². The van der Waals surface area contributed by atoms with Crippen LogP contribution in [0.5, 0.6) is 0 Å². The first-order chi connectivity index (χ1) is 11.9. The summed E-state index contributed by atoms with van der Waals surface area (Å²) in [4.78, 5) is 4.84. The molecule has 0 unspecified atom stereocenters. The molecule has 0 amide bonds. The zero-order valence-corrected chi connectivity index (χ0v) is 15.9. The second-order valence-corrected chi connectivity index (χ2v) is 8.24. The van der Waals surface area contributed by atoms with Crippen molar-refractivity contribution in [3.8, 4) is 11.3 Å². The molecule has 1 aliphatic rings. The highest BCUT2D eigenvalue weighted by molar-refractivity contribution is 7.87.